The van der Waals surface area contributed by atoms with E-state index < -0.39 is 5.63 Å². The lowest BCUT2D eigenvalue weighted by atomic mass is 9.96. The van der Waals surface area contributed by atoms with Crippen LogP contribution in [-0.2, 0) is 16.0 Å². The van der Waals surface area contributed by atoms with Gasteiger partial charge in [0.05, 0.1) is 12.0 Å². The van der Waals surface area contributed by atoms with Crippen molar-refractivity contribution < 1.29 is 18.4 Å². The van der Waals surface area contributed by atoms with E-state index in [9.17, 15) is 9.59 Å². The third-order valence-corrected chi connectivity index (χ3v) is 5.88. The summed E-state index contributed by atoms with van der Waals surface area (Å²) in [5.41, 5.74) is 4.71. The lowest BCUT2D eigenvalue weighted by molar-refractivity contribution is -0.120. The van der Waals surface area contributed by atoms with E-state index >= 15 is 0 Å². The van der Waals surface area contributed by atoms with Gasteiger partial charge in [-0.3, -0.25) is 4.79 Å². The van der Waals surface area contributed by atoms with Crippen molar-refractivity contribution in [3.63, 3.8) is 0 Å². The maximum atomic E-state index is 12.8. The largest absolute Gasteiger partial charge is 0.460 e. The Labute approximate surface area is 186 Å². The van der Waals surface area contributed by atoms with Crippen molar-refractivity contribution in [1.82, 2.24) is 5.32 Å². The summed E-state index contributed by atoms with van der Waals surface area (Å²) in [4.78, 5) is 25.1. The molecule has 32 heavy (non-hydrogen) atoms. The second-order valence-corrected chi connectivity index (χ2v) is 8.02. The summed E-state index contributed by atoms with van der Waals surface area (Å²) in [6.45, 7) is 6.77. The molecule has 0 fully saturated rings. The van der Waals surface area contributed by atoms with E-state index in [1.807, 2.05) is 57.2 Å². The Bertz CT molecular complexity index is 1350. The molecule has 166 valence electrons. The lowest BCUT2D eigenvalue weighted by Crippen LogP contribution is -2.29. The second-order valence-electron chi connectivity index (χ2n) is 8.02. The van der Waals surface area contributed by atoms with E-state index in [1.165, 1.54) is 0 Å². The van der Waals surface area contributed by atoms with Crippen LogP contribution >= 0.6 is 0 Å². The first-order valence-corrected chi connectivity index (χ1v) is 10.7. The highest BCUT2D eigenvalue weighted by Gasteiger charge is 2.21. The van der Waals surface area contributed by atoms with E-state index in [0.717, 1.165) is 38.8 Å². The number of furan rings is 1. The fourth-order valence-corrected chi connectivity index (χ4v) is 4.21. The predicted octanol–water partition coefficient (Wildman–Crippen LogP) is 4.83. The number of carbonyl (C=O) groups excluding carboxylic acids is 1. The maximum absolute atomic E-state index is 12.8. The molecule has 0 unspecified atom stereocenters. The van der Waals surface area contributed by atoms with E-state index in [4.69, 9.17) is 13.6 Å². The first-order valence-electron chi connectivity index (χ1n) is 10.7. The van der Waals surface area contributed by atoms with Crippen LogP contribution in [0, 0.1) is 20.8 Å². The van der Waals surface area contributed by atoms with Gasteiger partial charge in [-0.25, -0.2) is 4.79 Å². The molecule has 1 N–H and O–H groups in total. The van der Waals surface area contributed by atoms with Gasteiger partial charge < -0.3 is 18.9 Å². The zero-order valence-corrected chi connectivity index (χ0v) is 18.8. The van der Waals surface area contributed by atoms with Crippen LogP contribution < -0.4 is 10.9 Å². The number of ether oxygens (including phenoxy) is 1. The molecule has 2 heterocycles. The Morgan fingerprint density at radius 3 is 2.44 bits per heavy atom. The van der Waals surface area contributed by atoms with Crippen LogP contribution in [-0.4, -0.2) is 26.2 Å². The van der Waals surface area contributed by atoms with E-state index in [-0.39, 0.29) is 12.3 Å². The molecule has 0 saturated heterocycles. The number of hydrogen-bond acceptors (Lipinski definition) is 5. The average molecular weight is 434 g/mol. The summed E-state index contributed by atoms with van der Waals surface area (Å²) in [6.07, 6.45) is 0.691. The molecular weight excluding hydrogens is 406 g/mol. The van der Waals surface area contributed by atoms with Crippen LogP contribution in [0.25, 0.3) is 33.1 Å². The minimum Gasteiger partial charge on any atom is -0.460 e. The smallest absolute Gasteiger partial charge is 0.340 e. The zero-order chi connectivity index (χ0) is 22.8. The van der Waals surface area contributed by atoms with Crippen LogP contribution in [0.4, 0.5) is 0 Å². The number of fused-ring (bicyclic) bond motifs is 2. The van der Waals surface area contributed by atoms with Crippen molar-refractivity contribution in [2.45, 2.75) is 33.6 Å². The molecule has 0 aliphatic carbocycles. The molecule has 0 aliphatic heterocycles. The average Bonchev–Trinajstić information content (AvgIpc) is 3.12. The SMILES string of the molecule is COCCCNC(=O)Cc1c(C)c2cc3c(-c4ccccc4)c(C)oc3c(C)c2oc1=O. The zero-order valence-electron chi connectivity index (χ0n) is 18.8. The highest BCUT2D eigenvalue weighted by Crippen LogP contribution is 2.39. The summed E-state index contributed by atoms with van der Waals surface area (Å²) < 4.78 is 16.8. The molecule has 0 radical (unpaired) electrons. The van der Waals surface area contributed by atoms with Gasteiger partial charge in [0.1, 0.15) is 16.9 Å². The molecular formula is C26H27NO5. The quantitative estimate of drug-likeness (QED) is 0.334. The van der Waals surface area contributed by atoms with Gasteiger partial charge in [-0.2, -0.15) is 0 Å². The molecule has 1 amide bonds. The highest BCUT2D eigenvalue weighted by molar-refractivity contribution is 6.06. The van der Waals surface area contributed by atoms with Crippen LogP contribution in [0.1, 0.15) is 28.9 Å². The summed E-state index contributed by atoms with van der Waals surface area (Å²) >= 11 is 0. The number of hydrogen-bond donors (Lipinski definition) is 1. The molecule has 0 bridgehead atoms. The monoisotopic (exact) mass is 433 g/mol. The number of nitrogens with one attached hydrogen (secondary N) is 1. The summed E-state index contributed by atoms with van der Waals surface area (Å²) in [5.74, 6) is 0.595. The lowest BCUT2D eigenvalue weighted by Gasteiger charge is -2.11. The van der Waals surface area contributed by atoms with Crippen molar-refractivity contribution in [2.24, 2.45) is 0 Å². The second kappa shape index (κ2) is 9.01. The van der Waals surface area contributed by atoms with Crippen molar-refractivity contribution in [3.8, 4) is 11.1 Å². The van der Waals surface area contributed by atoms with Gasteiger partial charge >= 0.3 is 5.63 Å². The fourth-order valence-electron chi connectivity index (χ4n) is 4.21. The number of rotatable bonds is 7. The Morgan fingerprint density at radius 1 is 1.00 bits per heavy atom. The predicted molar refractivity (Wildman–Crippen MR) is 125 cm³/mol. The molecule has 0 saturated carbocycles. The van der Waals surface area contributed by atoms with Crippen LogP contribution in [0.5, 0.6) is 0 Å². The van der Waals surface area contributed by atoms with Crippen molar-refractivity contribution in [2.75, 3.05) is 20.3 Å². The number of methoxy groups -OCH3 is 1. The maximum Gasteiger partial charge on any atom is 0.340 e. The Hall–Kier alpha value is -3.38. The Balaban J connectivity index is 1.82. The minimum atomic E-state index is -0.490. The third kappa shape index (κ3) is 3.94. The minimum absolute atomic E-state index is 0.0237. The van der Waals surface area contributed by atoms with E-state index in [0.29, 0.717) is 36.3 Å². The van der Waals surface area contributed by atoms with Crippen LogP contribution in [0.2, 0.25) is 0 Å². The molecule has 4 rings (SSSR count). The molecule has 0 spiro atoms. The van der Waals surface area contributed by atoms with E-state index in [1.54, 1.807) is 7.11 Å². The van der Waals surface area contributed by atoms with Gasteiger partial charge in [-0.15, -0.1) is 0 Å². The molecule has 6 heteroatoms. The van der Waals surface area contributed by atoms with Gasteiger partial charge in [0.2, 0.25) is 5.91 Å². The first-order chi connectivity index (χ1) is 15.4. The number of amides is 1. The molecule has 2 aromatic heterocycles. The summed E-state index contributed by atoms with van der Waals surface area (Å²) in [6, 6.07) is 12.1. The van der Waals surface area contributed by atoms with Crippen molar-refractivity contribution >= 4 is 27.8 Å². The van der Waals surface area contributed by atoms with Gasteiger partial charge in [0.25, 0.3) is 0 Å². The van der Waals surface area contributed by atoms with Crippen molar-refractivity contribution in [1.29, 1.82) is 0 Å². The molecule has 2 aromatic carbocycles. The van der Waals surface area contributed by atoms with Gasteiger partial charge in [0, 0.05) is 42.2 Å². The number of aryl methyl sites for hydroxylation is 3. The topological polar surface area (TPSA) is 81.7 Å². The highest BCUT2D eigenvalue weighted by atomic mass is 16.5. The first kappa shape index (κ1) is 21.8. The normalized spacial score (nSPS) is 11.4. The van der Waals surface area contributed by atoms with Crippen LogP contribution in [0.15, 0.2) is 50.0 Å². The summed E-state index contributed by atoms with van der Waals surface area (Å²) in [7, 11) is 1.62. The Morgan fingerprint density at radius 2 is 1.72 bits per heavy atom. The van der Waals surface area contributed by atoms with E-state index in [2.05, 4.69) is 5.32 Å². The Kier molecular flexibility index (Phi) is 6.15. The number of carbonyl (C=O) groups is 1. The standard InChI is InChI=1S/C26H27NO5/c1-15-19-13-21-23(18-9-6-5-7-10-18)17(3)31-25(21)16(2)24(19)32-26(29)20(15)14-22(28)27-11-8-12-30-4/h5-7,9-10,13H,8,11-12,14H2,1-4H3,(H,27,28). The molecule has 0 atom stereocenters. The fraction of sp³-hybridized carbons (Fsp3) is 0.308. The molecule has 4 aromatic rings. The van der Waals surface area contributed by atoms with Crippen LogP contribution in [0.3, 0.4) is 0 Å². The molecule has 6 nitrogen and oxygen atoms in total. The van der Waals surface area contributed by atoms with Gasteiger partial charge in [-0.1, -0.05) is 30.3 Å². The number of benzene rings is 2. The molecule has 0 aliphatic rings. The van der Waals surface area contributed by atoms with Gasteiger partial charge in [-0.05, 0) is 44.4 Å². The van der Waals surface area contributed by atoms with Crippen molar-refractivity contribution in [3.05, 3.63) is 69.3 Å². The van der Waals surface area contributed by atoms with Gasteiger partial charge in [0.15, 0.2) is 0 Å². The third-order valence-electron chi connectivity index (χ3n) is 5.88. The summed E-state index contributed by atoms with van der Waals surface area (Å²) in [5, 5.41) is 4.61.